The summed E-state index contributed by atoms with van der Waals surface area (Å²) in [5.41, 5.74) is 1.52. The van der Waals surface area contributed by atoms with Crippen molar-refractivity contribution in [2.24, 2.45) is 0 Å². The summed E-state index contributed by atoms with van der Waals surface area (Å²) in [4.78, 5) is 14.3. The van der Waals surface area contributed by atoms with Gasteiger partial charge in [-0.3, -0.25) is 4.79 Å². The van der Waals surface area contributed by atoms with E-state index in [0.29, 0.717) is 23.6 Å². The third-order valence-corrected chi connectivity index (χ3v) is 4.12. The van der Waals surface area contributed by atoms with E-state index in [9.17, 15) is 4.79 Å². The number of benzene rings is 2. The van der Waals surface area contributed by atoms with Crippen LogP contribution in [-0.2, 0) is 6.54 Å². The van der Waals surface area contributed by atoms with Gasteiger partial charge in [-0.2, -0.15) is 0 Å². The Kier molecular flexibility index (Phi) is 5.44. The summed E-state index contributed by atoms with van der Waals surface area (Å²) in [7, 11) is 4.88. The molecule has 1 amide bonds. The molecule has 4 nitrogen and oxygen atoms in total. The van der Waals surface area contributed by atoms with E-state index in [2.05, 4.69) is 15.9 Å². The summed E-state index contributed by atoms with van der Waals surface area (Å²) in [5, 5.41) is 0. The van der Waals surface area contributed by atoms with E-state index in [1.807, 2.05) is 24.3 Å². The van der Waals surface area contributed by atoms with Gasteiger partial charge in [-0.25, -0.2) is 0 Å². The van der Waals surface area contributed by atoms with Gasteiger partial charge in [0.15, 0.2) is 0 Å². The summed E-state index contributed by atoms with van der Waals surface area (Å²) in [6.45, 7) is 0.501. The zero-order valence-electron chi connectivity index (χ0n) is 12.8. The molecule has 0 N–H and O–H groups in total. The van der Waals surface area contributed by atoms with Gasteiger partial charge in [0.05, 0.1) is 19.8 Å². The molecule has 0 heterocycles. The Morgan fingerprint density at radius 2 is 1.86 bits per heavy atom. The lowest BCUT2D eigenvalue weighted by Crippen LogP contribution is -2.26. The Morgan fingerprint density at radius 3 is 2.50 bits per heavy atom. The Hall–Kier alpha value is -2.01. The first-order valence-corrected chi connectivity index (χ1v) is 7.57. The average Bonchev–Trinajstić information content (AvgIpc) is 2.55. The maximum absolute atomic E-state index is 12.7. The van der Waals surface area contributed by atoms with Crippen LogP contribution < -0.4 is 9.47 Å². The molecule has 0 aliphatic heterocycles. The van der Waals surface area contributed by atoms with Crippen molar-refractivity contribution >= 4 is 21.8 Å². The second-order valence-corrected chi connectivity index (χ2v) is 5.67. The molecule has 2 aromatic carbocycles. The number of halogens is 1. The Balaban J connectivity index is 2.25. The van der Waals surface area contributed by atoms with Gasteiger partial charge < -0.3 is 14.4 Å². The number of carbonyl (C=O) groups excluding carboxylic acids is 1. The Bertz CT molecular complexity index is 673. The normalized spacial score (nSPS) is 10.2. The summed E-state index contributed by atoms with van der Waals surface area (Å²) < 4.78 is 11.4. The minimum absolute atomic E-state index is 0.119. The number of amides is 1. The van der Waals surface area contributed by atoms with Crippen molar-refractivity contribution < 1.29 is 14.3 Å². The van der Waals surface area contributed by atoms with E-state index >= 15 is 0 Å². The van der Waals surface area contributed by atoms with Crippen molar-refractivity contribution in [3.05, 3.63) is 58.1 Å². The number of rotatable bonds is 5. The number of methoxy groups -OCH3 is 2. The first-order chi connectivity index (χ1) is 10.6. The molecule has 2 rings (SSSR count). The molecule has 0 atom stereocenters. The summed E-state index contributed by atoms with van der Waals surface area (Å²) >= 11 is 3.50. The van der Waals surface area contributed by atoms with E-state index < -0.39 is 0 Å². The van der Waals surface area contributed by atoms with Gasteiger partial charge in [0, 0.05) is 18.1 Å². The Morgan fingerprint density at radius 1 is 1.14 bits per heavy atom. The fraction of sp³-hybridized carbons (Fsp3) is 0.235. The fourth-order valence-corrected chi connectivity index (χ4v) is 2.55. The molecule has 2 aromatic rings. The maximum Gasteiger partial charge on any atom is 0.257 e. The second kappa shape index (κ2) is 7.31. The van der Waals surface area contributed by atoms with E-state index in [1.54, 1.807) is 44.4 Å². The molecule has 0 saturated heterocycles. The third kappa shape index (κ3) is 3.60. The van der Waals surface area contributed by atoms with Crippen molar-refractivity contribution in [3.63, 3.8) is 0 Å². The lowest BCUT2D eigenvalue weighted by Gasteiger charge is -2.20. The molecule has 116 valence electrons. The van der Waals surface area contributed by atoms with Crippen LogP contribution in [0, 0.1) is 0 Å². The van der Waals surface area contributed by atoms with Crippen LogP contribution in [0.15, 0.2) is 46.9 Å². The third-order valence-electron chi connectivity index (χ3n) is 3.35. The summed E-state index contributed by atoms with van der Waals surface area (Å²) in [6.07, 6.45) is 0. The number of ether oxygens (including phenoxy) is 2. The largest absolute Gasteiger partial charge is 0.497 e. The zero-order valence-corrected chi connectivity index (χ0v) is 14.4. The van der Waals surface area contributed by atoms with Crippen LogP contribution in [0.2, 0.25) is 0 Å². The predicted molar refractivity (Wildman–Crippen MR) is 89.5 cm³/mol. The number of carbonyl (C=O) groups is 1. The Labute approximate surface area is 138 Å². The van der Waals surface area contributed by atoms with Crippen molar-refractivity contribution in [3.8, 4) is 11.5 Å². The van der Waals surface area contributed by atoms with Gasteiger partial charge in [0.25, 0.3) is 5.91 Å². The highest BCUT2D eigenvalue weighted by Crippen LogP contribution is 2.26. The first-order valence-electron chi connectivity index (χ1n) is 6.77. The molecule has 0 spiro atoms. The number of hydrogen-bond donors (Lipinski definition) is 0. The number of hydrogen-bond acceptors (Lipinski definition) is 3. The van der Waals surface area contributed by atoms with E-state index in [1.165, 1.54) is 0 Å². The maximum atomic E-state index is 12.7. The van der Waals surface area contributed by atoms with E-state index in [4.69, 9.17) is 9.47 Å². The van der Waals surface area contributed by atoms with E-state index in [-0.39, 0.29) is 5.91 Å². The van der Waals surface area contributed by atoms with Crippen LogP contribution >= 0.6 is 15.9 Å². The summed E-state index contributed by atoms with van der Waals surface area (Å²) in [6, 6.07) is 13.0. The van der Waals surface area contributed by atoms with Crippen molar-refractivity contribution in [1.82, 2.24) is 4.90 Å². The molecule has 0 unspecified atom stereocenters. The highest BCUT2D eigenvalue weighted by atomic mass is 79.9. The number of nitrogens with zero attached hydrogens (tertiary/aromatic N) is 1. The predicted octanol–water partition coefficient (Wildman–Crippen LogP) is 3.74. The minimum atomic E-state index is -0.119. The fourth-order valence-electron chi connectivity index (χ4n) is 2.14. The molecular formula is C17H18BrNO3. The van der Waals surface area contributed by atoms with Gasteiger partial charge in [0.2, 0.25) is 0 Å². The molecule has 0 fully saturated rings. The highest BCUT2D eigenvalue weighted by molar-refractivity contribution is 9.10. The van der Waals surface area contributed by atoms with Gasteiger partial charge in [-0.1, -0.05) is 34.1 Å². The van der Waals surface area contributed by atoms with Crippen LogP contribution in [0.1, 0.15) is 15.9 Å². The molecule has 22 heavy (non-hydrogen) atoms. The van der Waals surface area contributed by atoms with Gasteiger partial charge in [-0.05, 0) is 29.8 Å². The molecule has 0 radical (unpaired) electrons. The lowest BCUT2D eigenvalue weighted by atomic mass is 10.1. The zero-order chi connectivity index (χ0) is 16.1. The van der Waals surface area contributed by atoms with Crippen LogP contribution in [0.3, 0.4) is 0 Å². The smallest absolute Gasteiger partial charge is 0.257 e. The standard InChI is InChI=1S/C17H18BrNO3/c1-19(11-12-6-4-5-7-15(12)18)17(20)14-10-13(21-2)8-9-16(14)22-3/h4-10H,11H2,1-3H3. The SMILES string of the molecule is COc1ccc(OC)c(C(=O)N(C)Cc2ccccc2Br)c1. The van der Waals surface area contributed by atoms with Gasteiger partial charge in [0.1, 0.15) is 11.5 Å². The van der Waals surface area contributed by atoms with Crippen LogP contribution in [0.25, 0.3) is 0 Å². The molecular weight excluding hydrogens is 346 g/mol. The quantitative estimate of drug-likeness (QED) is 0.812. The average molecular weight is 364 g/mol. The van der Waals surface area contributed by atoms with Crippen LogP contribution in [0.5, 0.6) is 11.5 Å². The second-order valence-electron chi connectivity index (χ2n) is 4.82. The highest BCUT2D eigenvalue weighted by Gasteiger charge is 2.18. The monoisotopic (exact) mass is 363 g/mol. The lowest BCUT2D eigenvalue weighted by molar-refractivity contribution is 0.0781. The van der Waals surface area contributed by atoms with Gasteiger partial charge >= 0.3 is 0 Å². The first kappa shape index (κ1) is 16.4. The van der Waals surface area contributed by atoms with Crippen molar-refractivity contribution in [1.29, 1.82) is 0 Å². The molecule has 0 aliphatic rings. The van der Waals surface area contributed by atoms with Gasteiger partial charge in [-0.15, -0.1) is 0 Å². The summed E-state index contributed by atoms with van der Waals surface area (Å²) in [5.74, 6) is 1.04. The molecule has 0 saturated carbocycles. The topological polar surface area (TPSA) is 38.8 Å². The molecule has 0 bridgehead atoms. The van der Waals surface area contributed by atoms with Crippen molar-refractivity contribution in [2.45, 2.75) is 6.54 Å². The van der Waals surface area contributed by atoms with Crippen LogP contribution in [0.4, 0.5) is 0 Å². The van der Waals surface area contributed by atoms with Crippen molar-refractivity contribution in [2.75, 3.05) is 21.3 Å². The molecule has 5 heteroatoms. The van der Waals surface area contributed by atoms with E-state index in [0.717, 1.165) is 10.0 Å². The molecule has 0 aromatic heterocycles. The molecule has 0 aliphatic carbocycles. The van der Waals surface area contributed by atoms with Crippen LogP contribution in [-0.4, -0.2) is 32.1 Å². The minimum Gasteiger partial charge on any atom is -0.497 e.